The summed E-state index contributed by atoms with van der Waals surface area (Å²) in [5.74, 6) is 0. The number of benzene rings is 1. The average molecular weight is 256 g/mol. The van der Waals surface area contributed by atoms with Crippen LogP contribution in [-0.2, 0) is 13.1 Å². The Bertz CT molecular complexity index is 832. The van der Waals surface area contributed by atoms with E-state index in [2.05, 4.69) is 10.2 Å². The Morgan fingerprint density at radius 3 is 2.89 bits per heavy atom. The fourth-order valence-electron chi connectivity index (χ4n) is 2.47. The molecule has 1 aromatic carbocycles. The number of hydrogen-bond acceptors (Lipinski definition) is 4. The topological polar surface area (TPSA) is 68.7 Å². The van der Waals surface area contributed by atoms with Crippen molar-refractivity contribution < 1.29 is 0 Å². The summed E-state index contributed by atoms with van der Waals surface area (Å²) in [5.41, 5.74) is 2.79. The van der Waals surface area contributed by atoms with Crippen LogP contribution < -0.4 is 5.56 Å². The molecule has 0 bridgehead atoms. The van der Waals surface area contributed by atoms with Crippen molar-refractivity contribution in [2.75, 3.05) is 0 Å². The summed E-state index contributed by atoms with van der Waals surface area (Å²) in [6.07, 6.45) is 3.16. The van der Waals surface area contributed by atoms with Gasteiger partial charge < -0.3 is 4.57 Å². The Morgan fingerprint density at radius 2 is 2.16 bits per heavy atom. The van der Waals surface area contributed by atoms with Crippen molar-refractivity contribution in [1.29, 1.82) is 0 Å². The molecule has 0 saturated heterocycles. The predicted octanol–water partition coefficient (Wildman–Crippen LogP) is 1.94. The molecule has 2 heterocycles. The van der Waals surface area contributed by atoms with E-state index >= 15 is 0 Å². The third-order valence-corrected chi connectivity index (χ3v) is 3.28. The smallest absolute Gasteiger partial charge is 0.276 e. The Hall–Kier alpha value is -2.50. The second-order valence-electron chi connectivity index (χ2n) is 4.27. The van der Waals surface area contributed by atoms with Gasteiger partial charge in [-0.05, 0) is 13.0 Å². The van der Waals surface area contributed by atoms with Gasteiger partial charge in [0.2, 0.25) is 0 Å². The molecular weight excluding hydrogens is 244 g/mol. The highest BCUT2D eigenvalue weighted by Gasteiger charge is 2.12. The van der Waals surface area contributed by atoms with E-state index in [9.17, 15) is 9.70 Å². The first-order chi connectivity index (χ1) is 9.27. The molecule has 0 aliphatic carbocycles. The first-order valence-electron chi connectivity index (χ1n) is 6.03. The van der Waals surface area contributed by atoms with Crippen molar-refractivity contribution in [3.05, 3.63) is 51.5 Å². The van der Waals surface area contributed by atoms with Gasteiger partial charge in [0.25, 0.3) is 5.56 Å². The van der Waals surface area contributed by atoms with E-state index < -0.39 is 0 Å². The summed E-state index contributed by atoms with van der Waals surface area (Å²) < 4.78 is 3.41. The summed E-state index contributed by atoms with van der Waals surface area (Å²) in [5, 5.41) is 2.94. The Labute approximate surface area is 108 Å². The van der Waals surface area contributed by atoms with Gasteiger partial charge in [0.1, 0.15) is 12.1 Å². The number of rotatable bonds is 3. The van der Waals surface area contributed by atoms with Crippen LogP contribution in [0.2, 0.25) is 0 Å². The average Bonchev–Trinajstić information content (AvgIpc) is 2.90. The molecule has 0 radical (unpaired) electrons. The number of aryl methyl sites for hydroxylation is 1. The van der Waals surface area contributed by atoms with Crippen LogP contribution in [0.5, 0.6) is 0 Å². The molecular formula is C13H12N4O2. The van der Waals surface area contributed by atoms with Crippen LogP contribution in [-0.4, -0.2) is 14.0 Å². The summed E-state index contributed by atoms with van der Waals surface area (Å²) >= 11 is 0. The van der Waals surface area contributed by atoms with E-state index in [0.717, 1.165) is 16.6 Å². The van der Waals surface area contributed by atoms with Crippen molar-refractivity contribution in [1.82, 2.24) is 14.0 Å². The van der Waals surface area contributed by atoms with Crippen LogP contribution >= 0.6 is 0 Å². The van der Waals surface area contributed by atoms with E-state index in [1.165, 1.54) is 0 Å². The van der Waals surface area contributed by atoms with Crippen LogP contribution in [0.25, 0.3) is 16.6 Å². The minimum absolute atomic E-state index is 0.0526. The minimum Gasteiger partial charge on any atom is -0.305 e. The molecule has 3 aromatic rings. The molecule has 96 valence electrons. The summed E-state index contributed by atoms with van der Waals surface area (Å²) in [6, 6.07) is 5.58. The van der Waals surface area contributed by atoms with Crippen molar-refractivity contribution in [2.45, 2.75) is 20.0 Å². The number of para-hydroxylation sites is 1. The van der Waals surface area contributed by atoms with Gasteiger partial charge >= 0.3 is 0 Å². The number of hydrogen-bond donors (Lipinski definition) is 0. The van der Waals surface area contributed by atoms with Crippen LogP contribution in [0.4, 0.5) is 0 Å². The highest BCUT2D eigenvalue weighted by atomic mass is 16.3. The van der Waals surface area contributed by atoms with E-state index in [0.29, 0.717) is 12.1 Å². The van der Waals surface area contributed by atoms with Gasteiger partial charge in [-0.25, -0.2) is 4.98 Å². The number of imidazole rings is 1. The molecule has 19 heavy (non-hydrogen) atoms. The molecule has 6 nitrogen and oxygen atoms in total. The van der Waals surface area contributed by atoms with E-state index in [-0.39, 0.29) is 12.1 Å². The second kappa shape index (κ2) is 4.31. The fourth-order valence-corrected chi connectivity index (χ4v) is 2.47. The fraction of sp³-hybridized carbons (Fsp3) is 0.231. The lowest BCUT2D eigenvalue weighted by Crippen LogP contribution is -2.22. The maximum atomic E-state index is 12.4. The third kappa shape index (κ3) is 1.56. The minimum atomic E-state index is -0.106. The van der Waals surface area contributed by atoms with Crippen LogP contribution in [0, 0.1) is 4.91 Å². The van der Waals surface area contributed by atoms with Crippen molar-refractivity contribution >= 4 is 16.6 Å². The Morgan fingerprint density at radius 1 is 1.32 bits per heavy atom. The highest BCUT2D eigenvalue weighted by molar-refractivity contribution is 5.82. The number of fused-ring (bicyclic) bond motifs is 3. The lowest BCUT2D eigenvalue weighted by atomic mass is 10.1. The lowest BCUT2D eigenvalue weighted by Gasteiger charge is -2.12. The van der Waals surface area contributed by atoms with Gasteiger partial charge in [-0.2, -0.15) is 4.91 Å². The molecule has 0 spiro atoms. The van der Waals surface area contributed by atoms with E-state index in [4.69, 9.17) is 0 Å². The summed E-state index contributed by atoms with van der Waals surface area (Å²) in [4.78, 5) is 27.0. The Kier molecular flexibility index (Phi) is 2.63. The number of aromatic nitrogens is 3. The van der Waals surface area contributed by atoms with E-state index in [1.54, 1.807) is 21.5 Å². The first kappa shape index (κ1) is 11.6. The predicted molar refractivity (Wildman–Crippen MR) is 72.1 cm³/mol. The highest BCUT2D eigenvalue weighted by Crippen LogP contribution is 2.19. The molecule has 0 aliphatic heterocycles. The SMILES string of the molecule is CCn1c(=O)c2cncn2c2cccc(CN=O)c21. The van der Waals surface area contributed by atoms with E-state index in [1.807, 2.05) is 25.1 Å². The normalized spacial score (nSPS) is 11.2. The van der Waals surface area contributed by atoms with Crippen LogP contribution in [0.3, 0.4) is 0 Å². The molecule has 0 aliphatic rings. The third-order valence-electron chi connectivity index (χ3n) is 3.28. The van der Waals surface area contributed by atoms with Gasteiger partial charge in [0, 0.05) is 12.1 Å². The maximum Gasteiger partial charge on any atom is 0.276 e. The zero-order valence-corrected chi connectivity index (χ0v) is 10.4. The summed E-state index contributed by atoms with van der Waals surface area (Å²) in [7, 11) is 0. The monoisotopic (exact) mass is 256 g/mol. The zero-order chi connectivity index (χ0) is 13.4. The van der Waals surface area contributed by atoms with Gasteiger partial charge in [-0.3, -0.25) is 9.20 Å². The quantitative estimate of drug-likeness (QED) is 0.672. The van der Waals surface area contributed by atoms with Gasteiger partial charge in [-0.15, -0.1) is 0 Å². The molecule has 0 N–H and O–H groups in total. The van der Waals surface area contributed by atoms with Gasteiger partial charge in [-0.1, -0.05) is 17.3 Å². The van der Waals surface area contributed by atoms with Crippen LogP contribution in [0.15, 0.2) is 40.7 Å². The molecule has 2 aromatic heterocycles. The molecule has 0 unspecified atom stereocenters. The van der Waals surface area contributed by atoms with Crippen molar-refractivity contribution in [3.8, 4) is 0 Å². The zero-order valence-electron chi connectivity index (χ0n) is 10.4. The molecule has 0 atom stereocenters. The largest absolute Gasteiger partial charge is 0.305 e. The van der Waals surface area contributed by atoms with Crippen LogP contribution in [0.1, 0.15) is 12.5 Å². The molecule has 3 rings (SSSR count). The summed E-state index contributed by atoms with van der Waals surface area (Å²) in [6.45, 7) is 2.49. The number of nitroso groups, excluding NO2 is 1. The molecule has 0 saturated carbocycles. The maximum absolute atomic E-state index is 12.4. The molecule has 6 heteroatoms. The molecule has 0 fully saturated rings. The Balaban J connectivity index is 2.60. The molecule has 0 amide bonds. The first-order valence-corrected chi connectivity index (χ1v) is 6.03. The van der Waals surface area contributed by atoms with Gasteiger partial charge in [0.15, 0.2) is 0 Å². The van der Waals surface area contributed by atoms with Gasteiger partial charge in [0.05, 0.1) is 23.6 Å². The number of nitrogens with zero attached hydrogens (tertiary/aromatic N) is 4. The van der Waals surface area contributed by atoms with Crippen molar-refractivity contribution in [2.24, 2.45) is 5.18 Å². The standard InChI is InChI=1S/C13H12N4O2/c1-2-16-12-9(6-15-19)4-3-5-10(12)17-8-14-7-11(17)13(16)18/h3-5,7-8H,2,6H2,1H3. The van der Waals surface area contributed by atoms with Crippen molar-refractivity contribution in [3.63, 3.8) is 0 Å². The second-order valence-corrected chi connectivity index (χ2v) is 4.27. The lowest BCUT2D eigenvalue weighted by molar-refractivity contribution is 0.754.